The summed E-state index contributed by atoms with van der Waals surface area (Å²) in [4.78, 5) is 12.2. The van der Waals surface area contributed by atoms with E-state index in [1.54, 1.807) is 0 Å². The average Bonchev–Trinajstić information content (AvgIpc) is 2.36. The van der Waals surface area contributed by atoms with Crippen molar-refractivity contribution in [3.63, 3.8) is 0 Å². The van der Waals surface area contributed by atoms with Crippen LogP contribution in [0.5, 0.6) is 0 Å². The second-order valence-electron chi connectivity index (χ2n) is 4.49. The number of carbonyl (C=O) groups is 1. The Hall–Kier alpha value is -1.39. The van der Waals surface area contributed by atoms with E-state index in [0.29, 0.717) is 10.7 Å². The minimum atomic E-state index is -0.598. The number of carbonyl (C=O) groups excluding carboxylic acids is 1. The van der Waals surface area contributed by atoms with Gasteiger partial charge in [0.05, 0.1) is 5.56 Å². The third kappa shape index (κ3) is 3.19. The SMILES string of the molecule is Cc1cc(Br)cc(C)c1NC(=O)c1cc(Cl)ccc1F. The summed E-state index contributed by atoms with van der Waals surface area (Å²) in [6, 6.07) is 7.67. The predicted molar refractivity (Wildman–Crippen MR) is 83.0 cm³/mol. The Morgan fingerprint density at radius 1 is 1.20 bits per heavy atom. The lowest BCUT2D eigenvalue weighted by atomic mass is 10.1. The van der Waals surface area contributed by atoms with E-state index in [9.17, 15) is 9.18 Å². The van der Waals surface area contributed by atoms with Gasteiger partial charge in [0.2, 0.25) is 0 Å². The molecule has 1 N–H and O–H groups in total. The molecule has 0 radical (unpaired) electrons. The van der Waals surface area contributed by atoms with E-state index in [1.807, 2.05) is 26.0 Å². The van der Waals surface area contributed by atoms with Gasteiger partial charge in [-0.15, -0.1) is 0 Å². The highest BCUT2D eigenvalue weighted by molar-refractivity contribution is 9.10. The summed E-state index contributed by atoms with van der Waals surface area (Å²) in [6.07, 6.45) is 0. The average molecular weight is 357 g/mol. The molecule has 104 valence electrons. The molecule has 5 heteroatoms. The van der Waals surface area contributed by atoms with Crippen molar-refractivity contribution in [2.24, 2.45) is 0 Å². The topological polar surface area (TPSA) is 29.1 Å². The minimum absolute atomic E-state index is 0.0702. The van der Waals surface area contributed by atoms with E-state index in [-0.39, 0.29) is 5.56 Å². The maximum absolute atomic E-state index is 13.7. The van der Waals surface area contributed by atoms with Gasteiger partial charge < -0.3 is 5.32 Å². The first-order valence-electron chi connectivity index (χ1n) is 5.91. The zero-order valence-corrected chi connectivity index (χ0v) is 13.3. The maximum atomic E-state index is 13.7. The Labute approximate surface area is 130 Å². The smallest absolute Gasteiger partial charge is 0.258 e. The monoisotopic (exact) mass is 355 g/mol. The molecule has 0 spiro atoms. The van der Waals surface area contributed by atoms with Crippen LogP contribution in [-0.4, -0.2) is 5.91 Å². The third-order valence-electron chi connectivity index (χ3n) is 2.91. The Bertz CT molecular complexity index is 665. The van der Waals surface area contributed by atoms with E-state index >= 15 is 0 Å². The second-order valence-corrected chi connectivity index (χ2v) is 5.84. The van der Waals surface area contributed by atoms with E-state index in [0.717, 1.165) is 15.6 Å². The molecule has 2 rings (SSSR count). The van der Waals surface area contributed by atoms with Crippen molar-refractivity contribution in [2.75, 3.05) is 5.32 Å². The first-order chi connectivity index (χ1) is 9.38. The zero-order chi connectivity index (χ0) is 14.9. The molecule has 2 nitrogen and oxygen atoms in total. The summed E-state index contributed by atoms with van der Waals surface area (Å²) in [5, 5.41) is 3.05. The molecule has 0 saturated carbocycles. The molecular formula is C15H12BrClFNO. The Morgan fingerprint density at radius 2 is 1.80 bits per heavy atom. The molecule has 0 aliphatic carbocycles. The summed E-state index contributed by atoms with van der Waals surface area (Å²) >= 11 is 9.18. The van der Waals surface area contributed by atoms with Gasteiger partial charge in [0.1, 0.15) is 5.82 Å². The van der Waals surface area contributed by atoms with Crippen LogP contribution in [0, 0.1) is 19.7 Å². The summed E-state index contributed by atoms with van der Waals surface area (Å²) in [6.45, 7) is 3.75. The maximum Gasteiger partial charge on any atom is 0.258 e. The van der Waals surface area contributed by atoms with Crippen LogP contribution in [0.4, 0.5) is 10.1 Å². The highest BCUT2D eigenvalue weighted by Gasteiger charge is 2.14. The lowest BCUT2D eigenvalue weighted by Crippen LogP contribution is -2.15. The van der Waals surface area contributed by atoms with E-state index < -0.39 is 11.7 Å². The summed E-state index contributed by atoms with van der Waals surface area (Å²) in [7, 11) is 0. The Morgan fingerprint density at radius 3 is 2.40 bits per heavy atom. The molecule has 0 fully saturated rings. The van der Waals surface area contributed by atoms with Gasteiger partial charge in [-0.25, -0.2) is 4.39 Å². The third-order valence-corrected chi connectivity index (χ3v) is 3.60. The number of hydrogen-bond donors (Lipinski definition) is 1. The minimum Gasteiger partial charge on any atom is -0.321 e. The lowest BCUT2D eigenvalue weighted by Gasteiger charge is -2.13. The Kier molecular flexibility index (Phi) is 4.45. The van der Waals surface area contributed by atoms with Crippen molar-refractivity contribution in [3.8, 4) is 0 Å². The van der Waals surface area contributed by atoms with Gasteiger partial charge in [-0.2, -0.15) is 0 Å². The van der Waals surface area contributed by atoms with Gasteiger partial charge >= 0.3 is 0 Å². The highest BCUT2D eigenvalue weighted by Crippen LogP contribution is 2.26. The molecule has 0 unspecified atom stereocenters. The van der Waals surface area contributed by atoms with Crippen molar-refractivity contribution in [3.05, 3.63) is 62.3 Å². The van der Waals surface area contributed by atoms with Crippen LogP contribution in [-0.2, 0) is 0 Å². The fraction of sp³-hybridized carbons (Fsp3) is 0.133. The van der Waals surface area contributed by atoms with Gasteiger partial charge in [-0.05, 0) is 55.3 Å². The van der Waals surface area contributed by atoms with Crippen molar-refractivity contribution >= 4 is 39.1 Å². The van der Waals surface area contributed by atoms with Crippen LogP contribution in [0.15, 0.2) is 34.8 Å². The molecule has 2 aromatic rings. The van der Waals surface area contributed by atoms with Gasteiger partial charge in [0.25, 0.3) is 5.91 Å². The van der Waals surface area contributed by atoms with Crippen LogP contribution in [0.3, 0.4) is 0 Å². The molecule has 0 aliphatic rings. The fourth-order valence-corrected chi connectivity index (χ4v) is 2.82. The van der Waals surface area contributed by atoms with Gasteiger partial charge in [0, 0.05) is 15.2 Å². The second kappa shape index (κ2) is 5.94. The molecule has 2 aromatic carbocycles. The lowest BCUT2D eigenvalue weighted by molar-refractivity contribution is 0.102. The van der Waals surface area contributed by atoms with E-state index in [1.165, 1.54) is 18.2 Å². The molecule has 0 heterocycles. The number of hydrogen-bond acceptors (Lipinski definition) is 1. The Balaban J connectivity index is 2.35. The summed E-state index contributed by atoms with van der Waals surface area (Å²) < 4.78 is 14.6. The number of nitrogens with one attached hydrogen (secondary N) is 1. The fourth-order valence-electron chi connectivity index (χ4n) is 1.96. The van der Waals surface area contributed by atoms with E-state index in [4.69, 9.17) is 11.6 Å². The zero-order valence-electron chi connectivity index (χ0n) is 10.9. The molecular weight excluding hydrogens is 345 g/mol. The first kappa shape index (κ1) is 15.0. The largest absolute Gasteiger partial charge is 0.321 e. The number of aryl methyl sites for hydroxylation is 2. The standard InChI is InChI=1S/C15H12BrClFNO/c1-8-5-10(16)6-9(2)14(8)19-15(20)12-7-11(17)3-4-13(12)18/h3-7H,1-2H3,(H,19,20). The van der Waals surface area contributed by atoms with Crippen LogP contribution in [0.25, 0.3) is 0 Å². The molecule has 0 atom stereocenters. The predicted octanol–water partition coefficient (Wildman–Crippen LogP) is 5.11. The molecule has 20 heavy (non-hydrogen) atoms. The van der Waals surface area contributed by atoms with Gasteiger partial charge in [-0.1, -0.05) is 27.5 Å². The first-order valence-corrected chi connectivity index (χ1v) is 7.08. The van der Waals surface area contributed by atoms with Crippen molar-refractivity contribution in [2.45, 2.75) is 13.8 Å². The van der Waals surface area contributed by atoms with Crippen molar-refractivity contribution in [1.29, 1.82) is 0 Å². The normalized spacial score (nSPS) is 10.4. The number of benzene rings is 2. The van der Waals surface area contributed by atoms with Crippen LogP contribution in [0.2, 0.25) is 5.02 Å². The number of amides is 1. The van der Waals surface area contributed by atoms with Gasteiger partial charge in [0.15, 0.2) is 0 Å². The summed E-state index contributed by atoms with van der Waals surface area (Å²) in [5.41, 5.74) is 2.40. The number of rotatable bonds is 2. The van der Waals surface area contributed by atoms with E-state index in [2.05, 4.69) is 21.2 Å². The molecule has 0 saturated heterocycles. The number of halogens is 3. The van der Waals surface area contributed by atoms with Crippen LogP contribution >= 0.6 is 27.5 Å². The van der Waals surface area contributed by atoms with Gasteiger partial charge in [-0.3, -0.25) is 4.79 Å². The van der Waals surface area contributed by atoms with Crippen LogP contribution < -0.4 is 5.32 Å². The molecule has 0 aromatic heterocycles. The summed E-state index contributed by atoms with van der Waals surface area (Å²) in [5.74, 6) is -1.11. The van der Waals surface area contributed by atoms with Crippen LogP contribution in [0.1, 0.15) is 21.5 Å². The molecule has 0 bridgehead atoms. The molecule has 0 aliphatic heterocycles. The number of anilines is 1. The molecule has 1 amide bonds. The van der Waals surface area contributed by atoms with Crippen molar-refractivity contribution in [1.82, 2.24) is 0 Å². The quantitative estimate of drug-likeness (QED) is 0.796. The van der Waals surface area contributed by atoms with Crippen molar-refractivity contribution < 1.29 is 9.18 Å². The highest BCUT2D eigenvalue weighted by atomic mass is 79.9.